The first-order valence-electron chi connectivity index (χ1n) is 9.83. The number of amides is 1. The first-order chi connectivity index (χ1) is 14.0. The van der Waals surface area contributed by atoms with Crippen LogP contribution < -0.4 is 10.2 Å². The zero-order chi connectivity index (χ0) is 20.8. The Morgan fingerprint density at radius 3 is 1.93 bits per heavy atom. The molecule has 1 N–H and O–H groups in total. The van der Waals surface area contributed by atoms with Gasteiger partial charge in [0.15, 0.2) is 0 Å². The van der Waals surface area contributed by atoms with E-state index in [1.54, 1.807) is 0 Å². The number of likely N-dealkylation sites (N-methyl/N-ethyl adjacent to an activating group) is 1. The molecule has 0 fully saturated rings. The third kappa shape index (κ3) is 5.24. The summed E-state index contributed by atoms with van der Waals surface area (Å²) >= 11 is 0. The summed E-state index contributed by atoms with van der Waals surface area (Å²) in [6, 6.07) is 26.5. The van der Waals surface area contributed by atoms with Gasteiger partial charge < -0.3 is 15.1 Å². The fourth-order valence-electron chi connectivity index (χ4n) is 3.33. The Morgan fingerprint density at radius 2 is 1.38 bits per heavy atom. The number of benzene rings is 3. The quantitative estimate of drug-likeness (QED) is 0.650. The van der Waals surface area contributed by atoms with Gasteiger partial charge in [-0.25, -0.2) is 0 Å². The molecule has 3 aromatic rings. The van der Waals surface area contributed by atoms with Crippen LogP contribution in [0.3, 0.4) is 0 Å². The van der Waals surface area contributed by atoms with Gasteiger partial charge in [-0.05, 0) is 55.1 Å². The van der Waals surface area contributed by atoms with Crippen molar-refractivity contribution < 1.29 is 4.79 Å². The minimum atomic E-state index is -0.0543. The first kappa shape index (κ1) is 20.6. The Labute approximate surface area is 173 Å². The van der Waals surface area contributed by atoms with Gasteiger partial charge in [0.1, 0.15) is 0 Å². The average molecular weight is 388 g/mol. The Bertz CT molecular complexity index is 917. The molecule has 4 nitrogen and oxygen atoms in total. The van der Waals surface area contributed by atoms with Crippen molar-refractivity contribution in [3.8, 4) is 11.1 Å². The van der Waals surface area contributed by atoms with Gasteiger partial charge >= 0.3 is 0 Å². The lowest BCUT2D eigenvalue weighted by Crippen LogP contribution is -2.34. The fraction of sp³-hybridized carbons (Fsp3) is 0.240. The summed E-state index contributed by atoms with van der Waals surface area (Å²) in [5, 5.41) is 3.08. The maximum atomic E-state index is 12.7. The van der Waals surface area contributed by atoms with Crippen molar-refractivity contribution in [1.29, 1.82) is 0 Å². The number of rotatable bonds is 7. The van der Waals surface area contributed by atoms with E-state index in [1.165, 1.54) is 5.56 Å². The van der Waals surface area contributed by atoms with Gasteiger partial charge in [-0.2, -0.15) is 0 Å². The van der Waals surface area contributed by atoms with Gasteiger partial charge in [0, 0.05) is 31.9 Å². The van der Waals surface area contributed by atoms with E-state index in [2.05, 4.69) is 51.5 Å². The molecule has 1 amide bonds. The van der Waals surface area contributed by atoms with E-state index < -0.39 is 0 Å². The third-order valence-corrected chi connectivity index (χ3v) is 5.13. The highest BCUT2D eigenvalue weighted by molar-refractivity contribution is 5.94. The van der Waals surface area contributed by atoms with Crippen LogP contribution in [-0.4, -0.2) is 45.5 Å². The second kappa shape index (κ2) is 9.39. The molecule has 0 aliphatic carbocycles. The van der Waals surface area contributed by atoms with Gasteiger partial charge in [0.05, 0.1) is 6.04 Å². The second-order valence-corrected chi connectivity index (χ2v) is 7.62. The average Bonchev–Trinajstić information content (AvgIpc) is 2.74. The molecule has 0 bridgehead atoms. The number of hydrogen-bond donors (Lipinski definition) is 1. The molecule has 0 saturated heterocycles. The molecule has 0 aromatic heterocycles. The number of carbonyl (C=O) groups is 1. The topological polar surface area (TPSA) is 35.6 Å². The molecule has 0 spiro atoms. The van der Waals surface area contributed by atoms with Crippen molar-refractivity contribution in [2.75, 3.05) is 39.6 Å². The Balaban J connectivity index is 1.66. The summed E-state index contributed by atoms with van der Waals surface area (Å²) in [6.07, 6.45) is 0. The largest absolute Gasteiger partial charge is 0.378 e. The van der Waals surface area contributed by atoms with Crippen molar-refractivity contribution >= 4 is 11.6 Å². The van der Waals surface area contributed by atoms with Crippen LogP contribution in [0, 0.1) is 0 Å². The highest BCUT2D eigenvalue weighted by Crippen LogP contribution is 2.22. The van der Waals surface area contributed by atoms with Crippen molar-refractivity contribution in [1.82, 2.24) is 10.2 Å². The van der Waals surface area contributed by atoms with Gasteiger partial charge in [0.25, 0.3) is 5.91 Å². The maximum Gasteiger partial charge on any atom is 0.251 e. The van der Waals surface area contributed by atoms with E-state index in [0.29, 0.717) is 12.1 Å². The van der Waals surface area contributed by atoms with Crippen LogP contribution in [0.15, 0.2) is 78.9 Å². The fourth-order valence-corrected chi connectivity index (χ4v) is 3.33. The predicted molar refractivity (Wildman–Crippen MR) is 121 cm³/mol. The summed E-state index contributed by atoms with van der Waals surface area (Å²) in [5.74, 6) is -0.0543. The third-order valence-electron chi connectivity index (χ3n) is 5.13. The van der Waals surface area contributed by atoms with Gasteiger partial charge in [-0.3, -0.25) is 4.79 Å². The molecule has 150 valence electrons. The first-order valence-corrected chi connectivity index (χ1v) is 9.83. The number of anilines is 1. The van der Waals surface area contributed by atoms with Crippen LogP contribution in [-0.2, 0) is 0 Å². The molecular weight excluding hydrogens is 358 g/mol. The molecule has 3 rings (SSSR count). The lowest BCUT2D eigenvalue weighted by Gasteiger charge is -2.26. The molecule has 3 aromatic carbocycles. The number of carbonyl (C=O) groups excluding carboxylic acids is 1. The van der Waals surface area contributed by atoms with Crippen LogP contribution in [0.5, 0.6) is 0 Å². The van der Waals surface area contributed by atoms with E-state index in [0.717, 1.165) is 16.8 Å². The Morgan fingerprint density at radius 1 is 0.793 bits per heavy atom. The Hall–Kier alpha value is -3.11. The van der Waals surface area contributed by atoms with E-state index in [-0.39, 0.29) is 11.9 Å². The van der Waals surface area contributed by atoms with Gasteiger partial charge in [-0.1, -0.05) is 54.6 Å². The maximum absolute atomic E-state index is 12.7. The summed E-state index contributed by atoms with van der Waals surface area (Å²) < 4.78 is 0. The molecule has 0 saturated carbocycles. The SMILES string of the molecule is CN(C)c1ccc(C(CNC(=O)c2ccc(-c3ccccc3)cc2)N(C)C)cc1. The van der Waals surface area contributed by atoms with Gasteiger partial charge in [-0.15, -0.1) is 0 Å². The zero-order valence-corrected chi connectivity index (χ0v) is 17.6. The monoisotopic (exact) mass is 387 g/mol. The summed E-state index contributed by atoms with van der Waals surface area (Å²) in [6.45, 7) is 0.549. The number of hydrogen-bond acceptors (Lipinski definition) is 3. The van der Waals surface area contributed by atoms with E-state index in [4.69, 9.17) is 0 Å². The summed E-state index contributed by atoms with van der Waals surface area (Å²) in [4.78, 5) is 16.9. The number of nitrogens with zero attached hydrogens (tertiary/aromatic N) is 2. The molecule has 4 heteroatoms. The van der Waals surface area contributed by atoms with E-state index >= 15 is 0 Å². The normalized spacial score (nSPS) is 11.9. The van der Waals surface area contributed by atoms with Crippen molar-refractivity contribution in [2.24, 2.45) is 0 Å². The zero-order valence-electron chi connectivity index (χ0n) is 17.6. The van der Waals surface area contributed by atoms with Crippen LogP contribution >= 0.6 is 0 Å². The minimum absolute atomic E-state index is 0.0543. The van der Waals surface area contributed by atoms with Crippen molar-refractivity contribution in [3.63, 3.8) is 0 Å². The molecule has 29 heavy (non-hydrogen) atoms. The lowest BCUT2D eigenvalue weighted by atomic mass is 10.0. The summed E-state index contributed by atoms with van der Waals surface area (Å²) in [5.41, 5.74) is 5.27. The van der Waals surface area contributed by atoms with Crippen LogP contribution in [0.1, 0.15) is 22.0 Å². The van der Waals surface area contributed by atoms with E-state index in [9.17, 15) is 4.79 Å². The van der Waals surface area contributed by atoms with Crippen LogP contribution in [0.25, 0.3) is 11.1 Å². The summed E-state index contributed by atoms with van der Waals surface area (Å²) in [7, 11) is 8.13. The van der Waals surface area contributed by atoms with Crippen molar-refractivity contribution in [2.45, 2.75) is 6.04 Å². The second-order valence-electron chi connectivity index (χ2n) is 7.62. The van der Waals surface area contributed by atoms with Crippen molar-refractivity contribution in [3.05, 3.63) is 90.0 Å². The smallest absolute Gasteiger partial charge is 0.251 e. The molecule has 0 heterocycles. The van der Waals surface area contributed by atoms with Crippen LogP contribution in [0.4, 0.5) is 5.69 Å². The standard InChI is InChI=1S/C25H29N3O/c1-27(2)23-16-14-21(15-17-23)24(28(3)4)18-26-25(29)22-12-10-20(11-13-22)19-8-6-5-7-9-19/h5-17,24H,18H2,1-4H3,(H,26,29). The molecule has 0 aliphatic rings. The molecular formula is C25H29N3O. The molecule has 0 radical (unpaired) electrons. The molecule has 1 unspecified atom stereocenters. The predicted octanol–water partition coefficient (Wildman–Crippen LogP) is 4.45. The van der Waals surface area contributed by atoms with Gasteiger partial charge in [0.2, 0.25) is 0 Å². The Kier molecular flexibility index (Phi) is 6.68. The van der Waals surface area contributed by atoms with Crippen LogP contribution in [0.2, 0.25) is 0 Å². The van der Waals surface area contributed by atoms with E-state index in [1.807, 2.05) is 70.7 Å². The molecule has 0 aliphatic heterocycles. The highest BCUT2D eigenvalue weighted by atomic mass is 16.1. The highest BCUT2D eigenvalue weighted by Gasteiger charge is 2.16. The minimum Gasteiger partial charge on any atom is -0.378 e. The number of nitrogens with one attached hydrogen (secondary N) is 1. The lowest BCUT2D eigenvalue weighted by molar-refractivity contribution is 0.0942. The molecule has 1 atom stereocenters.